The largest absolute Gasteiger partial charge is 0.478 e. The van der Waals surface area contributed by atoms with Crippen molar-refractivity contribution in [1.29, 1.82) is 0 Å². The maximum atomic E-state index is 14.2. The molecule has 206 valence electrons. The number of anilines is 1. The summed E-state index contributed by atoms with van der Waals surface area (Å²) in [5.74, 6) is -3.75. The van der Waals surface area contributed by atoms with Crippen LogP contribution >= 0.6 is 0 Å². The van der Waals surface area contributed by atoms with E-state index in [-0.39, 0.29) is 48.6 Å². The van der Waals surface area contributed by atoms with Crippen molar-refractivity contribution >= 4 is 34.7 Å². The van der Waals surface area contributed by atoms with Gasteiger partial charge in [-0.1, -0.05) is 36.4 Å². The highest BCUT2D eigenvalue weighted by Gasteiger charge is 2.24. The van der Waals surface area contributed by atoms with Crippen LogP contribution in [-0.2, 0) is 17.9 Å². The molecule has 0 fully saturated rings. The number of aromatic nitrogens is 2. The molecule has 0 bridgehead atoms. The molecule has 12 heteroatoms. The Hall–Kier alpha value is -5.10. The number of carboxylic acids is 1. The van der Waals surface area contributed by atoms with Gasteiger partial charge in [0.15, 0.2) is 5.65 Å². The van der Waals surface area contributed by atoms with Gasteiger partial charge in [-0.15, -0.1) is 4.73 Å². The Labute approximate surface area is 226 Å². The molecule has 1 amide bonds. The predicted octanol–water partition coefficient (Wildman–Crippen LogP) is 2.74. The molecule has 2 heterocycles. The van der Waals surface area contributed by atoms with Gasteiger partial charge in [0.1, 0.15) is 23.8 Å². The molecule has 0 aliphatic rings. The number of benzene rings is 2. The zero-order valence-corrected chi connectivity index (χ0v) is 20.9. The third kappa shape index (κ3) is 6.48. The molecule has 0 spiro atoms. The zero-order valence-electron chi connectivity index (χ0n) is 20.9. The van der Waals surface area contributed by atoms with E-state index in [1.165, 1.54) is 24.4 Å². The highest BCUT2D eigenvalue weighted by Crippen LogP contribution is 2.26. The standard InChI is InChI=1S/C28H24F2N4O6/c29-20-8-7-19(22(30)13-20)15-33-27(38)24-25(31-10-11-35)21-12-18(6-9-23(36)37)14-32-26(21)34(28(24)39)40-16-17-4-2-1-3-5-17/h1-9,12-14,31,35H,10-11,15-16H2,(H,33,38)(H,36,37). The summed E-state index contributed by atoms with van der Waals surface area (Å²) in [6.07, 6.45) is 3.51. The van der Waals surface area contributed by atoms with Crippen molar-refractivity contribution in [3.63, 3.8) is 0 Å². The van der Waals surface area contributed by atoms with E-state index >= 15 is 0 Å². The molecule has 2 aromatic heterocycles. The molecule has 40 heavy (non-hydrogen) atoms. The summed E-state index contributed by atoms with van der Waals surface area (Å²) in [7, 11) is 0. The minimum Gasteiger partial charge on any atom is -0.478 e. The number of carbonyl (C=O) groups excluding carboxylic acids is 1. The van der Waals surface area contributed by atoms with E-state index in [0.29, 0.717) is 11.6 Å². The fourth-order valence-electron chi connectivity index (χ4n) is 3.85. The molecule has 4 aromatic rings. The lowest BCUT2D eigenvalue weighted by Gasteiger charge is -2.18. The molecular weight excluding hydrogens is 526 g/mol. The number of aliphatic hydroxyl groups excluding tert-OH is 1. The van der Waals surface area contributed by atoms with Crippen LogP contribution in [0.25, 0.3) is 17.1 Å². The summed E-state index contributed by atoms with van der Waals surface area (Å²) in [5, 5.41) is 24.0. The highest BCUT2D eigenvalue weighted by atomic mass is 19.1. The van der Waals surface area contributed by atoms with Gasteiger partial charge in [0.25, 0.3) is 11.5 Å². The van der Waals surface area contributed by atoms with Gasteiger partial charge in [-0.25, -0.2) is 18.6 Å². The highest BCUT2D eigenvalue weighted by molar-refractivity contribution is 6.06. The quantitative estimate of drug-likeness (QED) is 0.209. The van der Waals surface area contributed by atoms with Crippen molar-refractivity contribution in [3.8, 4) is 0 Å². The molecular formula is C28H24F2N4O6. The van der Waals surface area contributed by atoms with E-state index in [0.717, 1.165) is 22.4 Å². The van der Waals surface area contributed by atoms with Crippen LogP contribution in [0, 0.1) is 11.6 Å². The summed E-state index contributed by atoms with van der Waals surface area (Å²) in [5.41, 5.74) is -0.221. The van der Waals surface area contributed by atoms with Gasteiger partial charge in [0.2, 0.25) is 0 Å². The molecule has 4 N–H and O–H groups in total. The second kappa shape index (κ2) is 12.6. The Bertz CT molecular complexity index is 1640. The molecule has 10 nitrogen and oxygen atoms in total. The Morgan fingerprint density at radius 3 is 2.58 bits per heavy atom. The van der Waals surface area contributed by atoms with Gasteiger partial charge in [0, 0.05) is 42.4 Å². The number of rotatable bonds is 11. The number of aliphatic hydroxyl groups is 1. The number of carbonyl (C=O) groups is 2. The van der Waals surface area contributed by atoms with E-state index in [4.69, 9.17) is 9.94 Å². The third-order valence-corrected chi connectivity index (χ3v) is 5.71. The second-order valence-corrected chi connectivity index (χ2v) is 8.49. The number of hydrogen-bond acceptors (Lipinski definition) is 7. The van der Waals surface area contributed by atoms with Gasteiger partial charge in [-0.3, -0.25) is 9.59 Å². The van der Waals surface area contributed by atoms with E-state index in [9.17, 15) is 28.3 Å². The molecule has 0 aliphatic heterocycles. The summed E-state index contributed by atoms with van der Waals surface area (Å²) in [6, 6.07) is 13.3. The summed E-state index contributed by atoms with van der Waals surface area (Å²) >= 11 is 0. The van der Waals surface area contributed by atoms with Crippen molar-refractivity contribution in [2.75, 3.05) is 18.5 Å². The normalized spacial score (nSPS) is 11.1. The van der Waals surface area contributed by atoms with E-state index in [1.54, 1.807) is 24.3 Å². The molecule has 2 aromatic carbocycles. The van der Waals surface area contributed by atoms with Crippen molar-refractivity contribution in [3.05, 3.63) is 111 Å². The lowest BCUT2D eigenvalue weighted by molar-refractivity contribution is -0.131. The molecule has 0 unspecified atom stereocenters. The third-order valence-electron chi connectivity index (χ3n) is 5.71. The lowest BCUT2D eigenvalue weighted by Crippen LogP contribution is -2.37. The van der Waals surface area contributed by atoms with Gasteiger partial charge in [-0.05, 0) is 29.3 Å². The first-order valence-corrected chi connectivity index (χ1v) is 12.0. The SMILES string of the molecule is O=C(O)C=Cc1cnc2c(c1)c(NCCO)c(C(=O)NCc1ccc(F)cc1F)c(=O)n2OCc1ccccc1. The van der Waals surface area contributed by atoms with Crippen LogP contribution in [0.5, 0.6) is 0 Å². The van der Waals surface area contributed by atoms with E-state index in [1.807, 2.05) is 6.07 Å². The van der Waals surface area contributed by atoms with E-state index < -0.39 is 34.6 Å². The number of aliphatic carboxylic acids is 1. The molecule has 4 rings (SSSR count). The van der Waals surface area contributed by atoms with Gasteiger partial charge < -0.3 is 25.7 Å². The van der Waals surface area contributed by atoms with Gasteiger partial charge in [0.05, 0.1) is 12.3 Å². The number of nitrogens with one attached hydrogen (secondary N) is 2. The van der Waals surface area contributed by atoms with Gasteiger partial charge in [-0.2, -0.15) is 0 Å². The predicted molar refractivity (Wildman–Crippen MR) is 143 cm³/mol. The second-order valence-electron chi connectivity index (χ2n) is 8.49. The number of amides is 1. The molecule has 0 aliphatic carbocycles. The number of fused-ring (bicyclic) bond motifs is 1. The van der Waals surface area contributed by atoms with Crippen LogP contribution in [0.2, 0.25) is 0 Å². The number of nitrogens with zero attached hydrogens (tertiary/aromatic N) is 2. The first-order valence-electron chi connectivity index (χ1n) is 12.0. The smallest absolute Gasteiger partial charge is 0.328 e. The first kappa shape index (κ1) is 27.9. The average molecular weight is 551 g/mol. The summed E-state index contributed by atoms with van der Waals surface area (Å²) in [6.45, 7) is -0.801. The fourth-order valence-corrected chi connectivity index (χ4v) is 3.85. The molecule has 0 radical (unpaired) electrons. The monoisotopic (exact) mass is 550 g/mol. The Morgan fingerprint density at radius 2 is 1.88 bits per heavy atom. The number of carboxylic acid groups (broad SMARTS) is 1. The zero-order chi connectivity index (χ0) is 28.6. The topological polar surface area (TPSA) is 143 Å². The Balaban J connectivity index is 1.84. The Kier molecular flexibility index (Phi) is 8.82. The van der Waals surface area contributed by atoms with Gasteiger partial charge >= 0.3 is 5.97 Å². The van der Waals surface area contributed by atoms with Crippen LogP contribution < -0.4 is 21.0 Å². The maximum absolute atomic E-state index is 14.2. The summed E-state index contributed by atoms with van der Waals surface area (Å²) < 4.78 is 28.3. The van der Waals surface area contributed by atoms with Crippen LogP contribution in [0.15, 0.2) is 71.7 Å². The van der Waals surface area contributed by atoms with E-state index in [2.05, 4.69) is 15.6 Å². The molecule has 0 atom stereocenters. The minimum atomic E-state index is -1.19. The van der Waals surface area contributed by atoms with Crippen molar-refractivity contribution in [2.45, 2.75) is 13.2 Å². The molecule has 0 saturated heterocycles. The number of pyridine rings is 2. The van der Waals surface area contributed by atoms with Crippen LogP contribution in [-0.4, -0.2) is 45.0 Å². The number of halogens is 2. The summed E-state index contributed by atoms with van der Waals surface area (Å²) in [4.78, 5) is 48.2. The minimum absolute atomic E-state index is 0.00349. The van der Waals surface area contributed by atoms with Crippen molar-refractivity contribution in [2.24, 2.45) is 0 Å². The van der Waals surface area contributed by atoms with Crippen molar-refractivity contribution < 1.29 is 33.4 Å². The average Bonchev–Trinajstić information content (AvgIpc) is 2.94. The molecule has 0 saturated carbocycles. The number of hydrogen-bond donors (Lipinski definition) is 4. The first-order chi connectivity index (χ1) is 19.3. The van der Waals surface area contributed by atoms with Crippen molar-refractivity contribution in [1.82, 2.24) is 15.0 Å². The fraction of sp³-hybridized carbons (Fsp3) is 0.143. The van der Waals surface area contributed by atoms with Crippen LogP contribution in [0.3, 0.4) is 0 Å². The maximum Gasteiger partial charge on any atom is 0.328 e. The van der Waals surface area contributed by atoms with Crippen LogP contribution in [0.4, 0.5) is 14.5 Å². The Morgan fingerprint density at radius 1 is 1.10 bits per heavy atom. The lowest BCUT2D eigenvalue weighted by atomic mass is 10.1. The van der Waals surface area contributed by atoms with Crippen LogP contribution in [0.1, 0.15) is 27.0 Å².